The molecule has 1 amide bonds. The molecule has 2 N–H and O–H groups in total. The molecule has 0 spiro atoms. The van der Waals surface area contributed by atoms with Crippen LogP contribution in [0.25, 0.3) is 11.1 Å². The average Bonchev–Trinajstić information content (AvgIpc) is 3.70. The van der Waals surface area contributed by atoms with Gasteiger partial charge in [0.1, 0.15) is 0 Å². The van der Waals surface area contributed by atoms with E-state index < -0.39 is 0 Å². The van der Waals surface area contributed by atoms with E-state index in [2.05, 4.69) is 22.0 Å². The zero-order valence-corrected chi connectivity index (χ0v) is 19.5. The topological polar surface area (TPSA) is 59.2 Å². The summed E-state index contributed by atoms with van der Waals surface area (Å²) in [7, 11) is 0. The first kappa shape index (κ1) is 22.1. The van der Waals surface area contributed by atoms with E-state index in [0.29, 0.717) is 18.2 Å². The van der Waals surface area contributed by atoms with E-state index in [0.717, 1.165) is 54.7 Å². The number of pyridine rings is 1. The third kappa shape index (κ3) is 4.55. The fourth-order valence-electron chi connectivity index (χ4n) is 5.34. The largest absolute Gasteiger partial charge is 0.333 e. The average molecular weight is 460 g/mol. The maximum absolute atomic E-state index is 13.7. The number of halogens is 1. The summed E-state index contributed by atoms with van der Waals surface area (Å²) < 4.78 is 0. The summed E-state index contributed by atoms with van der Waals surface area (Å²) in [5.41, 5.74) is 10.2. The van der Waals surface area contributed by atoms with Crippen LogP contribution in [0, 0.1) is 0 Å². The first-order chi connectivity index (χ1) is 16.1. The van der Waals surface area contributed by atoms with Gasteiger partial charge < -0.3 is 10.6 Å². The number of rotatable bonds is 6. The Kier molecular flexibility index (Phi) is 6.22. The highest BCUT2D eigenvalue weighted by atomic mass is 35.5. The van der Waals surface area contributed by atoms with Crippen molar-refractivity contribution < 1.29 is 4.79 Å². The number of carbonyl (C=O) groups is 1. The molecule has 0 saturated heterocycles. The summed E-state index contributed by atoms with van der Waals surface area (Å²) in [6.07, 6.45) is 9.56. The van der Waals surface area contributed by atoms with Crippen molar-refractivity contribution in [3.05, 3.63) is 89.2 Å². The lowest BCUT2D eigenvalue weighted by Crippen LogP contribution is -2.48. The molecular formula is C28H30ClN3O. The Bertz CT molecular complexity index is 1120. The second kappa shape index (κ2) is 9.28. The van der Waals surface area contributed by atoms with E-state index in [1.165, 1.54) is 5.56 Å². The third-order valence-electron chi connectivity index (χ3n) is 7.40. The van der Waals surface area contributed by atoms with Crippen LogP contribution in [0.15, 0.2) is 73.1 Å². The van der Waals surface area contributed by atoms with Gasteiger partial charge in [0.2, 0.25) is 0 Å². The molecule has 0 bridgehead atoms. The van der Waals surface area contributed by atoms with Crippen molar-refractivity contribution in [1.82, 2.24) is 9.88 Å². The summed E-state index contributed by atoms with van der Waals surface area (Å²) >= 11 is 6.28. The van der Waals surface area contributed by atoms with Gasteiger partial charge in [0.25, 0.3) is 5.91 Å². The highest BCUT2D eigenvalue weighted by Crippen LogP contribution is 2.43. The minimum Gasteiger partial charge on any atom is -0.333 e. The third-order valence-corrected chi connectivity index (χ3v) is 7.64. The van der Waals surface area contributed by atoms with Gasteiger partial charge in [-0.25, -0.2) is 0 Å². The maximum atomic E-state index is 13.7. The van der Waals surface area contributed by atoms with Crippen molar-refractivity contribution in [2.24, 2.45) is 5.73 Å². The lowest BCUT2D eigenvalue weighted by atomic mass is 9.68. The van der Waals surface area contributed by atoms with Crippen molar-refractivity contribution in [3.8, 4) is 11.1 Å². The Morgan fingerprint density at radius 1 is 0.939 bits per heavy atom. The first-order valence-corrected chi connectivity index (χ1v) is 12.3. The van der Waals surface area contributed by atoms with Crippen LogP contribution in [-0.4, -0.2) is 34.4 Å². The molecule has 4 nitrogen and oxygen atoms in total. The summed E-state index contributed by atoms with van der Waals surface area (Å²) in [6, 6.07) is 20.8. The van der Waals surface area contributed by atoms with Gasteiger partial charge in [-0.2, -0.15) is 0 Å². The van der Waals surface area contributed by atoms with Crippen LogP contribution < -0.4 is 5.73 Å². The zero-order chi connectivity index (χ0) is 22.8. The number of nitrogens with two attached hydrogens (primary N) is 1. The predicted octanol–water partition coefficient (Wildman–Crippen LogP) is 5.85. The maximum Gasteiger partial charge on any atom is 0.255 e. The van der Waals surface area contributed by atoms with E-state index in [4.69, 9.17) is 17.3 Å². The Hall–Kier alpha value is -2.69. The van der Waals surface area contributed by atoms with E-state index in [1.54, 1.807) is 6.20 Å². The molecular weight excluding hydrogens is 430 g/mol. The number of nitrogens with zero attached hydrogens (tertiary/aromatic N) is 2. The van der Waals surface area contributed by atoms with Gasteiger partial charge in [0, 0.05) is 47.0 Å². The Labute approximate surface area is 200 Å². The van der Waals surface area contributed by atoms with Crippen molar-refractivity contribution in [1.29, 1.82) is 0 Å². The molecule has 2 aliphatic carbocycles. The van der Waals surface area contributed by atoms with Crippen LogP contribution in [0.4, 0.5) is 0 Å². The Morgan fingerprint density at radius 3 is 2.33 bits per heavy atom. The standard InChI is InChI=1S/C28H30ClN3O/c29-24-8-4-7-23(16-24)28(19-30)13-11-26(12-14-28)32(25-9-10-25)27(33)22-15-21(17-31-18-22)20-5-2-1-3-6-20/h1-8,15-18,25-26H,9-14,19,30H2. The van der Waals surface area contributed by atoms with Crippen LogP contribution >= 0.6 is 11.6 Å². The lowest BCUT2D eigenvalue weighted by Gasteiger charge is -2.44. The van der Waals surface area contributed by atoms with Gasteiger partial charge in [-0.05, 0) is 67.9 Å². The number of hydrogen-bond donors (Lipinski definition) is 1. The molecule has 2 aromatic carbocycles. The second-order valence-corrected chi connectivity index (χ2v) is 9.93. The molecule has 170 valence electrons. The normalized spacial score (nSPS) is 22.7. The smallest absolute Gasteiger partial charge is 0.255 e. The molecule has 2 saturated carbocycles. The number of amides is 1. The van der Waals surface area contributed by atoms with E-state index >= 15 is 0 Å². The van der Waals surface area contributed by atoms with Crippen molar-refractivity contribution >= 4 is 17.5 Å². The van der Waals surface area contributed by atoms with Gasteiger partial charge in [-0.3, -0.25) is 9.78 Å². The summed E-state index contributed by atoms with van der Waals surface area (Å²) in [6.45, 7) is 0.598. The number of carbonyl (C=O) groups excluding carboxylic acids is 1. The molecule has 0 radical (unpaired) electrons. The van der Waals surface area contributed by atoms with Crippen LogP contribution in [0.5, 0.6) is 0 Å². The van der Waals surface area contributed by atoms with Crippen LogP contribution in [-0.2, 0) is 5.41 Å². The monoisotopic (exact) mass is 459 g/mol. The first-order valence-electron chi connectivity index (χ1n) is 11.9. The second-order valence-electron chi connectivity index (χ2n) is 9.50. The van der Waals surface area contributed by atoms with Crippen molar-refractivity contribution in [3.63, 3.8) is 0 Å². The van der Waals surface area contributed by atoms with Crippen molar-refractivity contribution in [2.45, 2.75) is 56.0 Å². The fraction of sp³-hybridized carbons (Fsp3) is 0.357. The van der Waals surface area contributed by atoms with Crippen LogP contribution in [0.1, 0.15) is 54.4 Å². The number of hydrogen-bond acceptors (Lipinski definition) is 3. The Morgan fingerprint density at radius 2 is 1.67 bits per heavy atom. The molecule has 0 aliphatic heterocycles. The van der Waals surface area contributed by atoms with E-state index in [9.17, 15) is 4.79 Å². The fourth-order valence-corrected chi connectivity index (χ4v) is 5.53. The number of benzene rings is 2. The summed E-state index contributed by atoms with van der Waals surface area (Å²) in [4.78, 5) is 20.3. The van der Waals surface area contributed by atoms with E-state index in [1.807, 2.05) is 54.7 Å². The van der Waals surface area contributed by atoms with Crippen molar-refractivity contribution in [2.75, 3.05) is 6.54 Å². The molecule has 1 heterocycles. The highest BCUT2D eigenvalue weighted by molar-refractivity contribution is 6.30. The van der Waals surface area contributed by atoms with Gasteiger partial charge in [-0.1, -0.05) is 54.1 Å². The van der Waals surface area contributed by atoms with Crippen LogP contribution in [0.3, 0.4) is 0 Å². The molecule has 2 aliphatic rings. The molecule has 5 heteroatoms. The predicted molar refractivity (Wildman–Crippen MR) is 133 cm³/mol. The molecule has 0 unspecified atom stereocenters. The summed E-state index contributed by atoms with van der Waals surface area (Å²) in [5.74, 6) is 0.107. The van der Waals surface area contributed by atoms with Gasteiger partial charge >= 0.3 is 0 Å². The minimum absolute atomic E-state index is 0.0611. The van der Waals surface area contributed by atoms with Gasteiger partial charge in [0.05, 0.1) is 5.56 Å². The van der Waals surface area contributed by atoms with Crippen LogP contribution in [0.2, 0.25) is 5.02 Å². The van der Waals surface area contributed by atoms with Gasteiger partial charge in [0.15, 0.2) is 0 Å². The number of aromatic nitrogens is 1. The molecule has 33 heavy (non-hydrogen) atoms. The zero-order valence-electron chi connectivity index (χ0n) is 18.8. The highest BCUT2D eigenvalue weighted by Gasteiger charge is 2.43. The molecule has 1 aromatic heterocycles. The Balaban J connectivity index is 1.36. The SMILES string of the molecule is NCC1(c2cccc(Cl)c2)CCC(N(C(=O)c2cncc(-c3ccccc3)c2)C2CC2)CC1. The molecule has 0 atom stereocenters. The van der Waals surface area contributed by atoms with E-state index in [-0.39, 0.29) is 17.4 Å². The quantitative estimate of drug-likeness (QED) is 0.503. The molecule has 2 fully saturated rings. The lowest BCUT2D eigenvalue weighted by molar-refractivity contribution is 0.0572. The minimum atomic E-state index is -0.0611. The van der Waals surface area contributed by atoms with Gasteiger partial charge in [-0.15, -0.1) is 0 Å². The molecule has 3 aromatic rings. The summed E-state index contributed by atoms with van der Waals surface area (Å²) in [5, 5.41) is 0.753. The molecule has 5 rings (SSSR count).